The summed E-state index contributed by atoms with van der Waals surface area (Å²) >= 11 is 0. The molecule has 2 aliphatic carbocycles. The Morgan fingerprint density at radius 2 is 1.97 bits per heavy atom. The van der Waals surface area contributed by atoms with Gasteiger partial charge >= 0.3 is 0 Å². The molecular formula is C23H31N9O2. The van der Waals surface area contributed by atoms with Crippen molar-refractivity contribution in [1.82, 2.24) is 34.7 Å². The lowest BCUT2D eigenvalue weighted by Gasteiger charge is -2.34. The lowest BCUT2D eigenvalue weighted by Crippen LogP contribution is -2.47. The van der Waals surface area contributed by atoms with Crippen molar-refractivity contribution >= 4 is 35.4 Å². The van der Waals surface area contributed by atoms with Crippen LogP contribution in [0, 0.1) is 5.41 Å². The van der Waals surface area contributed by atoms with Crippen molar-refractivity contribution in [3.8, 4) is 0 Å². The van der Waals surface area contributed by atoms with Gasteiger partial charge in [-0.15, -0.1) is 0 Å². The third kappa shape index (κ3) is 4.49. The lowest BCUT2D eigenvalue weighted by molar-refractivity contribution is -0.124. The fourth-order valence-corrected chi connectivity index (χ4v) is 4.70. The highest BCUT2D eigenvalue weighted by molar-refractivity contribution is 6.15. The first kappa shape index (κ1) is 21.5. The van der Waals surface area contributed by atoms with Gasteiger partial charge in [0, 0.05) is 61.9 Å². The van der Waals surface area contributed by atoms with Crippen molar-refractivity contribution < 1.29 is 9.59 Å². The molecule has 34 heavy (non-hydrogen) atoms. The first-order valence-electron chi connectivity index (χ1n) is 12.2. The van der Waals surface area contributed by atoms with Crippen molar-refractivity contribution in [2.24, 2.45) is 5.41 Å². The molecule has 0 aromatic carbocycles. The van der Waals surface area contributed by atoms with Gasteiger partial charge in [0.2, 0.25) is 17.8 Å². The summed E-state index contributed by atoms with van der Waals surface area (Å²) < 4.78 is 1.68. The highest BCUT2D eigenvalue weighted by Gasteiger charge is 2.44. The van der Waals surface area contributed by atoms with E-state index >= 15 is 0 Å². The predicted octanol–water partition coefficient (Wildman–Crippen LogP) is 0.568. The maximum Gasteiger partial charge on any atom is 0.254 e. The molecule has 2 aromatic rings. The molecule has 4 fully saturated rings. The van der Waals surface area contributed by atoms with E-state index in [4.69, 9.17) is 9.97 Å². The van der Waals surface area contributed by atoms with E-state index in [0.29, 0.717) is 34.7 Å². The smallest absolute Gasteiger partial charge is 0.254 e. The van der Waals surface area contributed by atoms with Crippen LogP contribution in [0.3, 0.4) is 0 Å². The maximum atomic E-state index is 12.0. The Labute approximate surface area is 198 Å². The molecule has 0 atom stereocenters. The second kappa shape index (κ2) is 8.31. The number of piperazine rings is 1. The molecule has 11 heteroatoms. The van der Waals surface area contributed by atoms with Gasteiger partial charge in [-0.25, -0.2) is 0 Å². The summed E-state index contributed by atoms with van der Waals surface area (Å²) in [4.78, 5) is 38.1. The number of fused-ring (bicyclic) bond motifs is 1. The molecule has 3 N–H and O–H groups in total. The van der Waals surface area contributed by atoms with E-state index in [-0.39, 0.29) is 23.7 Å². The number of imide groups is 1. The molecule has 2 amide bonds. The first-order chi connectivity index (χ1) is 16.5. The summed E-state index contributed by atoms with van der Waals surface area (Å²) in [5, 5.41) is 13.7. The number of hydrogen-bond acceptors (Lipinski definition) is 9. The molecule has 2 aromatic heterocycles. The van der Waals surface area contributed by atoms with Crippen LogP contribution in [0.25, 0.3) is 11.7 Å². The Hall–Kier alpha value is -3.05. The van der Waals surface area contributed by atoms with Gasteiger partial charge in [0.1, 0.15) is 0 Å². The summed E-state index contributed by atoms with van der Waals surface area (Å²) in [6, 6.07) is 0.405. The third-order valence-corrected chi connectivity index (χ3v) is 7.26. The second-order valence-corrected chi connectivity index (χ2v) is 10.3. The number of carbonyl (C=O) groups excluding carboxylic acids is 2. The molecule has 180 valence electrons. The molecule has 2 aliphatic heterocycles. The van der Waals surface area contributed by atoms with E-state index in [1.165, 1.54) is 12.8 Å². The van der Waals surface area contributed by atoms with Gasteiger partial charge < -0.3 is 20.4 Å². The van der Waals surface area contributed by atoms with Crippen LogP contribution in [0.15, 0.2) is 11.8 Å². The Morgan fingerprint density at radius 1 is 1.18 bits per heavy atom. The van der Waals surface area contributed by atoms with Gasteiger partial charge in [-0.05, 0) is 38.8 Å². The molecule has 0 radical (unpaired) electrons. The first-order valence-corrected chi connectivity index (χ1v) is 12.2. The van der Waals surface area contributed by atoms with Crippen LogP contribution in [-0.4, -0.2) is 93.6 Å². The van der Waals surface area contributed by atoms with Gasteiger partial charge in [0.25, 0.3) is 5.91 Å². The largest absolute Gasteiger partial charge is 0.353 e. The molecule has 11 nitrogen and oxygen atoms in total. The fourth-order valence-electron chi connectivity index (χ4n) is 4.70. The van der Waals surface area contributed by atoms with Crippen LogP contribution >= 0.6 is 0 Å². The van der Waals surface area contributed by atoms with Crippen molar-refractivity contribution in [3.05, 3.63) is 17.3 Å². The highest BCUT2D eigenvalue weighted by atomic mass is 16.2. The summed E-state index contributed by atoms with van der Waals surface area (Å²) in [6.07, 6.45) is 8.12. The third-order valence-electron chi connectivity index (χ3n) is 7.26. The predicted molar refractivity (Wildman–Crippen MR) is 127 cm³/mol. The number of likely N-dealkylation sites (N-methyl/N-ethyl adjacent to an activating group) is 1. The number of amides is 2. The van der Waals surface area contributed by atoms with Crippen molar-refractivity contribution in [2.45, 2.75) is 38.1 Å². The quantitative estimate of drug-likeness (QED) is 0.380. The lowest BCUT2D eigenvalue weighted by atomic mass is 10.1. The number of carbonyl (C=O) groups is 2. The van der Waals surface area contributed by atoms with Gasteiger partial charge in [0.05, 0.1) is 12.6 Å². The topological polar surface area (TPSA) is 120 Å². The average Bonchev–Trinajstić information content (AvgIpc) is 3.72. The summed E-state index contributed by atoms with van der Waals surface area (Å²) in [5.41, 5.74) is 2.02. The zero-order valence-corrected chi connectivity index (χ0v) is 19.5. The van der Waals surface area contributed by atoms with E-state index < -0.39 is 0 Å². The number of hydrogen-bond donors (Lipinski definition) is 3. The Morgan fingerprint density at radius 3 is 2.65 bits per heavy atom. The maximum absolute atomic E-state index is 12.0. The molecule has 4 heterocycles. The molecule has 2 saturated carbocycles. The van der Waals surface area contributed by atoms with Crippen LogP contribution in [0.1, 0.15) is 37.7 Å². The summed E-state index contributed by atoms with van der Waals surface area (Å²) in [6.45, 7) is 6.45. The Balaban J connectivity index is 1.23. The minimum Gasteiger partial charge on any atom is -0.353 e. The number of nitrogens with zero attached hydrogens (tertiary/aromatic N) is 6. The fraction of sp³-hybridized carbons (Fsp3) is 0.609. The normalized spacial score (nSPS) is 24.1. The molecule has 0 unspecified atom stereocenters. The van der Waals surface area contributed by atoms with Crippen LogP contribution in [0.5, 0.6) is 0 Å². The van der Waals surface area contributed by atoms with Crippen LogP contribution in [0.2, 0.25) is 0 Å². The molecule has 2 saturated heterocycles. The van der Waals surface area contributed by atoms with Gasteiger partial charge in [-0.2, -0.15) is 19.6 Å². The van der Waals surface area contributed by atoms with Crippen LogP contribution in [0.4, 0.5) is 11.9 Å². The van der Waals surface area contributed by atoms with E-state index in [0.717, 1.165) is 52.1 Å². The van der Waals surface area contributed by atoms with Crippen molar-refractivity contribution in [3.63, 3.8) is 0 Å². The van der Waals surface area contributed by atoms with Crippen LogP contribution in [-0.2, 0) is 9.59 Å². The van der Waals surface area contributed by atoms with E-state index in [9.17, 15) is 9.59 Å². The molecule has 0 spiro atoms. The van der Waals surface area contributed by atoms with Crippen LogP contribution < -0.4 is 16.0 Å². The van der Waals surface area contributed by atoms with E-state index in [1.807, 2.05) is 0 Å². The van der Waals surface area contributed by atoms with Gasteiger partial charge in [-0.1, -0.05) is 0 Å². The number of nitrogens with one attached hydrogen (secondary N) is 3. The van der Waals surface area contributed by atoms with Gasteiger partial charge in [0.15, 0.2) is 5.65 Å². The van der Waals surface area contributed by atoms with E-state index in [1.54, 1.807) is 16.8 Å². The number of anilines is 2. The van der Waals surface area contributed by atoms with Crippen molar-refractivity contribution in [2.75, 3.05) is 56.9 Å². The zero-order chi connectivity index (χ0) is 23.3. The van der Waals surface area contributed by atoms with Crippen molar-refractivity contribution in [1.29, 1.82) is 0 Å². The SMILES string of the molecule is CN1CCN(CC2(CNc3nc(NC4CC4)n4ncc(/C=C5\CC(=O)NC5=O)c4n3)CC2)CC1. The molecule has 6 rings (SSSR count). The number of rotatable bonds is 8. The highest BCUT2D eigenvalue weighted by Crippen LogP contribution is 2.46. The average molecular weight is 466 g/mol. The molecular weight excluding hydrogens is 434 g/mol. The molecule has 0 bridgehead atoms. The minimum atomic E-state index is -0.354. The zero-order valence-electron chi connectivity index (χ0n) is 19.5. The summed E-state index contributed by atoms with van der Waals surface area (Å²) in [7, 11) is 2.18. The van der Waals surface area contributed by atoms with Gasteiger partial charge in [-0.3, -0.25) is 14.9 Å². The van der Waals surface area contributed by atoms with E-state index in [2.05, 4.69) is 37.9 Å². The number of aromatic nitrogens is 4. The summed E-state index contributed by atoms with van der Waals surface area (Å²) in [5.74, 6) is 0.575. The standard InChI is InChI=1S/C23H31N9O2/c1-30-6-8-31(9-7-30)14-23(4-5-23)13-24-21-28-19-16(10-15-11-18(33)27-20(15)34)12-25-32(19)22(29-21)26-17-2-3-17/h10,12,17H,2-9,11,13-14H2,1H3,(H,27,33,34)(H2,24,26,28,29)/b15-10+. The Kier molecular flexibility index (Phi) is 5.25. The minimum absolute atomic E-state index is 0.0777. The molecule has 4 aliphatic rings. The second-order valence-electron chi connectivity index (χ2n) is 10.3. The monoisotopic (exact) mass is 465 g/mol. The Bertz CT molecular complexity index is 1160.